The number of carbonyl (C=O) groups excluding carboxylic acids is 1. The van der Waals surface area contributed by atoms with E-state index in [-0.39, 0.29) is 28.7 Å². The molecule has 13 heteroatoms. The number of nitrogens with zero attached hydrogens (tertiary/aromatic N) is 1. The molecule has 5 nitrogen and oxygen atoms in total. The highest BCUT2D eigenvalue weighted by Crippen LogP contribution is 2.41. The second kappa shape index (κ2) is 13.8. The zero-order valence-electron chi connectivity index (χ0n) is 25.5. The molecule has 0 bridgehead atoms. The van der Waals surface area contributed by atoms with Crippen LogP contribution in [0.25, 0.3) is 0 Å². The molecule has 1 heterocycles. The smallest absolute Gasteiger partial charge is 0.428 e. The number of aryl methyl sites for hydroxylation is 1. The molecule has 5 rings (SSSR count). The van der Waals surface area contributed by atoms with Gasteiger partial charge in [0.05, 0.1) is 24.3 Å². The normalized spacial score (nSPS) is 15.2. The van der Waals surface area contributed by atoms with E-state index in [1.54, 1.807) is 42.5 Å². The molecule has 1 aliphatic rings. The highest BCUT2D eigenvalue weighted by atomic mass is 19.4. The van der Waals surface area contributed by atoms with Crippen LogP contribution in [0.2, 0.25) is 0 Å². The molecule has 1 saturated heterocycles. The van der Waals surface area contributed by atoms with Crippen LogP contribution in [-0.4, -0.2) is 44.7 Å². The summed E-state index contributed by atoms with van der Waals surface area (Å²) in [7, 11) is 0. The largest absolute Gasteiger partial charge is 0.461 e. The number of benzene rings is 4. The molecule has 0 aliphatic carbocycles. The first kappa shape index (κ1) is 34.7. The lowest BCUT2D eigenvalue weighted by molar-refractivity contribution is -0.253. The highest BCUT2D eigenvalue weighted by molar-refractivity contribution is 5.95. The molecule has 0 radical (unpaired) electrons. The standard InChI is InChI=1S/C35H30F8N2O3/c1-22-7-10-25(19-30(22)34(39,40)41)33(21-23-5-3-2-4-6-23,26-17-27(36)20-29(18-26)48-35(42,43)32(37)38)44-31(46)24-8-11-28(12-9-24)45-13-15-47-16-14-45/h2-12,17-20,32H,13-16,21H2,1H3,(H,44,46)/t33-/m0/s1. The maximum absolute atomic E-state index is 15.2. The molecule has 254 valence electrons. The molecule has 1 fully saturated rings. The number of hydrogen-bond donors (Lipinski definition) is 1. The van der Waals surface area contributed by atoms with E-state index < -0.39 is 47.3 Å². The minimum Gasteiger partial charge on any atom is -0.428 e. The van der Waals surface area contributed by atoms with Crippen molar-refractivity contribution in [2.45, 2.75) is 37.6 Å². The first-order valence-corrected chi connectivity index (χ1v) is 14.8. The molecule has 48 heavy (non-hydrogen) atoms. The Balaban J connectivity index is 1.69. The number of halogens is 8. The molecule has 0 saturated carbocycles. The van der Waals surface area contributed by atoms with Gasteiger partial charge in [-0.25, -0.2) is 4.39 Å². The van der Waals surface area contributed by atoms with Crippen molar-refractivity contribution < 1.29 is 49.4 Å². The third kappa shape index (κ3) is 7.73. The summed E-state index contributed by atoms with van der Waals surface area (Å²) in [5, 5.41) is 2.77. The van der Waals surface area contributed by atoms with Crippen LogP contribution >= 0.6 is 0 Å². The Morgan fingerprint density at radius 3 is 2.17 bits per heavy atom. The van der Waals surface area contributed by atoms with Gasteiger partial charge in [0.15, 0.2) is 0 Å². The number of morpholine rings is 1. The monoisotopic (exact) mass is 678 g/mol. The van der Waals surface area contributed by atoms with Crippen molar-refractivity contribution in [3.8, 4) is 5.75 Å². The molecule has 0 unspecified atom stereocenters. The van der Waals surface area contributed by atoms with Crippen molar-refractivity contribution in [2.24, 2.45) is 0 Å². The van der Waals surface area contributed by atoms with E-state index >= 15 is 4.39 Å². The maximum Gasteiger partial charge on any atom is 0.461 e. The summed E-state index contributed by atoms with van der Waals surface area (Å²) in [6.45, 7) is 3.51. The predicted molar refractivity (Wildman–Crippen MR) is 162 cm³/mol. The second-order valence-corrected chi connectivity index (χ2v) is 11.3. The topological polar surface area (TPSA) is 50.8 Å². The van der Waals surface area contributed by atoms with Gasteiger partial charge in [0.25, 0.3) is 5.91 Å². The lowest BCUT2D eigenvalue weighted by Gasteiger charge is -2.37. The number of alkyl halides is 7. The number of ether oxygens (including phenoxy) is 2. The van der Waals surface area contributed by atoms with Gasteiger partial charge >= 0.3 is 18.7 Å². The molecule has 1 N–H and O–H groups in total. The number of amides is 1. The summed E-state index contributed by atoms with van der Waals surface area (Å²) in [5.41, 5.74) is -2.45. The first-order chi connectivity index (χ1) is 22.7. The number of carbonyl (C=O) groups is 1. The van der Waals surface area contributed by atoms with Crippen molar-refractivity contribution >= 4 is 11.6 Å². The van der Waals surface area contributed by atoms with Crippen molar-refractivity contribution in [1.29, 1.82) is 0 Å². The zero-order valence-corrected chi connectivity index (χ0v) is 25.5. The summed E-state index contributed by atoms with van der Waals surface area (Å²) in [6.07, 6.45) is -14.4. The maximum atomic E-state index is 15.2. The van der Waals surface area contributed by atoms with Crippen LogP contribution in [0.4, 0.5) is 40.8 Å². The van der Waals surface area contributed by atoms with Gasteiger partial charge in [0, 0.05) is 36.8 Å². The van der Waals surface area contributed by atoms with Gasteiger partial charge in [-0.1, -0.05) is 42.5 Å². The Hall–Kier alpha value is -4.65. The molecule has 1 amide bonds. The predicted octanol–water partition coefficient (Wildman–Crippen LogP) is 8.14. The van der Waals surface area contributed by atoms with Crippen molar-refractivity contribution in [3.63, 3.8) is 0 Å². The average molecular weight is 679 g/mol. The number of hydrogen-bond acceptors (Lipinski definition) is 4. The van der Waals surface area contributed by atoms with E-state index in [0.29, 0.717) is 37.9 Å². The minimum absolute atomic E-state index is 0.0877. The van der Waals surface area contributed by atoms with E-state index in [1.807, 2.05) is 4.90 Å². The van der Waals surface area contributed by atoms with Crippen molar-refractivity contribution in [1.82, 2.24) is 5.32 Å². The molecule has 1 aliphatic heterocycles. The molecular weight excluding hydrogens is 648 g/mol. The SMILES string of the molecule is Cc1ccc([C@](Cc2ccccc2)(NC(=O)c2ccc(N3CCOCC3)cc2)c2cc(F)cc(OC(F)(F)C(F)F)c2)cc1C(F)(F)F. The molecule has 1 atom stereocenters. The lowest BCUT2D eigenvalue weighted by atomic mass is 9.76. The molecule has 4 aromatic carbocycles. The molecular formula is C35H30F8N2O3. The number of nitrogens with one attached hydrogen (secondary N) is 1. The van der Waals surface area contributed by atoms with E-state index in [0.717, 1.165) is 23.9 Å². The summed E-state index contributed by atoms with van der Waals surface area (Å²) in [5.74, 6) is -3.05. The Morgan fingerprint density at radius 2 is 1.54 bits per heavy atom. The van der Waals surface area contributed by atoms with Gasteiger partial charge in [-0.2, -0.15) is 30.7 Å². The van der Waals surface area contributed by atoms with Crippen LogP contribution in [0, 0.1) is 12.7 Å². The zero-order chi connectivity index (χ0) is 34.7. The molecule has 4 aromatic rings. The summed E-state index contributed by atoms with van der Waals surface area (Å²) in [6, 6.07) is 19.9. The quantitative estimate of drug-likeness (QED) is 0.172. The summed E-state index contributed by atoms with van der Waals surface area (Å²) >= 11 is 0. The summed E-state index contributed by atoms with van der Waals surface area (Å²) in [4.78, 5) is 16.1. The Kier molecular flexibility index (Phi) is 9.99. The van der Waals surface area contributed by atoms with Gasteiger partial charge in [-0.05, 0) is 71.6 Å². The van der Waals surface area contributed by atoms with Gasteiger partial charge < -0.3 is 19.7 Å². The van der Waals surface area contributed by atoms with Gasteiger partial charge in [-0.15, -0.1) is 0 Å². The van der Waals surface area contributed by atoms with E-state index in [2.05, 4.69) is 10.1 Å². The van der Waals surface area contributed by atoms with E-state index in [4.69, 9.17) is 4.74 Å². The minimum atomic E-state index is -5.02. The fourth-order valence-corrected chi connectivity index (χ4v) is 5.64. The Morgan fingerprint density at radius 1 is 0.875 bits per heavy atom. The van der Waals surface area contributed by atoms with Gasteiger partial charge in [-0.3, -0.25) is 4.79 Å². The van der Waals surface area contributed by atoms with Crippen LogP contribution in [0.1, 0.15) is 38.2 Å². The van der Waals surface area contributed by atoms with Crippen LogP contribution in [0.15, 0.2) is 91.0 Å². The van der Waals surface area contributed by atoms with E-state index in [1.165, 1.54) is 31.2 Å². The Bertz CT molecular complexity index is 1730. The average Bonchev–Trinajstić information content (AvgIpc) is 3.04. The fraction of sp³-hybridized carbons (Fsp3) is 0.286. The number of anilines is 1. The van der Waals surface area contributed by atoms with Crippen molar-refractivity contribution in [2.75, 3.05) is 31.2 Å². The lowest BCUT2D eigenvalue weighted by Crippen LogP contribution is -2.49. The fourth-order valence-electron chi connectivity index (χ4n) is 5.64. The highest BCUT2D eigenvalue weighted by Gasteiger charge is 2.45. The molecule has 0 spiro atoms. The summed E-state index contributed by atoms with van der Waals surface area (Å²) < 4.78 is 121. The van der Waals surface area contributed by atoms with Crippen LogP contribution < -0.4 is 15.0 Å². The van der Waals surface area contributed by atoms with Crippen LogP contribution in [0.3, 0.4) is 0 Å². The third-order valence-corrected chi connectivity index (χ3v) is 8.05. The van der Waals surface area contributed by atoms with Crippen LogP contribution in [0.5, 0.6) is 5.75 Å². The number of rotatable bonds is 10. The van der Waals surface area contributed by atoms with Crippen molar-refractivity contribution in [3.05, 3.63) is 130 Å². The second-order valence-electron chi connectivity index (χ2n) is 11.3. The third-order valence-electron chi connectivity index (χ3n) is 8.05. The van der Waals surface area contributed by atoms with Gasteiger partial charge in [0.1, 0.15) is 11.6 Å². The van der Waals surface area contributed by atoms with Crippen LogP contribution in [-0.2, 0) is 22.9 Å². The Labute approximate surface area is 271 Å². The van der Waals surface area contributed by atoms with E-state index in [9.17, 15) is 35.5 Å². The first-order valence-electron chi connectivity index (χ1n) is 14.8. The van der Waals surface area contributed by atoms with Gasteiger partial charge in [0.2, 0.25) is 0 Å². The molecule has 0 aromatic heterocycles.